The Hall–Kier alpha value is -2.74. The molecular formula is C18H16FN3O3S. The van der Waals surface area contributed by atoms with E-state index in [4.69, 9.17) is 0 Å². The van der Waals surface area contributed by atoms with Crippen molar-refractivity contribution in [3.8, 4) is 0 Å². The molecule has 1 unspecified atom stereocenters. The fourth-order valence-electron chi connectivity index (χ4n) is 3.36. The van der Waals surface area contributed by atoms with E-state index < -0.39 is 12.1 Å². The third kappa shape index (κ3) is 2.96. The number of hydrogen-bond acceptors (Lipinski definition) is 4. The van der Waals surface area contributed by atoms with E-state index in [9.17, 15) is 19.1 Å². The van der Waals surface area contributed by atoms with Crippen molar-refractivity contribution < 1.29 is 19.1 Å². The van der Waals surface area contributed by atoms with Crippen molar-refractivity contribution in [2.24, 2.45) is 0 Å². The highest BCUT2D eigenvalue weighted by molar-refractivity contribution is 7.23. The van der Waals surface area contributed by atoms with Crippen molar-refractivity contribution in [3.05, 3.63) is 36.1 Å². The third-order valence-electron chi connectivity index (χ3n) is 4.61. The summed E-state index contributed by atoms with van der Waals surface area (Å²) in [5, 5.41) is 14.1. The molecule has 0 aliphatic carbocycles. The molecule has 3 aromatic rings. The van der Waals surface area contributed by atoms with Gasteiger partial charge in [-0.3, -0.25) is 9.69 Å². The molecule has 1 fully saturated rings. The summed E-state index contributed by atoms with van der Waals surface area (Å²) in [6.45, 7) is 0.365. The van der Waals surface area contributed by atoms with E-state index in [1.165, 1.54) is 28.4 Å². The topological polar surface area (TPSA) is 82.5 Å². The number of thiazole rings is 1. The Morgan fingerprint density at radius 1 is 1.27 bits per heavy atom. The Morgan fingerprint density at radius 2 is 2.12 bits per heavy atom. The number of nitrogens with one attached hydrogen (secondary N) is 1. The number of carboxylic acid groups (broad SMARTS) is 1. The van der Waals surface area contributed by atoms with Gasteiger partial charge in [-0.2, -0.15) is 0 Å². The number of carbonyl (C=O) groups excluding carboxylic acids is 1. The molecular weight excluding hydrogens is 357 g/mol. The van der Waals surface area contributed by atoms with Gasteiger partial charge in [0.05, 0.1) is 10.2 Å². The van der Waals surface area contributed by atoms with E-state index in [-0.39, 0.29) is 11.7 Å². The zero-order chi connectivity index (χ0) is 18.3. The number of hydrogen-bond donors (Lipinski definition) is 2. The van der Waals surface area contributed by atoms with Crippen molar-refractivity contribution in [2.45, 2.75) is 25.3 Å². The summed E-state index contributed by atoms with van der Waals surface area (Å²) in [5.41, 5.74) is 0.711. The lowest BCUT2D eigenvalue weighted by Crippen LogP contribution is -2.49. The van der Waals surface area contributed by atoms with Crippen LogP contribution in [0.3, 0.4) is 0 Å². The number of fused-ring (bicyclic) bond motifs is 3. The minimum absolute atomic E-state index is 0.305. The van der Waals surface area contributed by atoms with Gasteiger partial charge in [0.25, 0.3) is 0 Å². The molecule has 2 heterocycles. The smallest absolute Gasteiger partial charge is 0.407 e. The van der Waals surface area contributed by atoms with E-state index in [1.807, 2.05) is 0 Å². The van der Waals surface area contributed by atoms with Crippen molar-refractivity contribution >= 4 is 49.5 Å². The molecule has 0 bridgehead atoms. The van der Waals surface area contributed by atoms with E-state index in [0.717, 1.165) is 28.3 Å². The minimum atomic E-state index is -1.08. The second-order valence-corrected chi connectivity index (χ2v) is 7.27. The maximum atomic E-state index is 13.4. The lowest BCUT2D eigenvalue weighted by molar-refractivity contribution is -0.121. The van der Waals surface area contributed by atoms with Gasteiger partial charge in [-0.25, -0.2) is 14.2 Å². The first-order valence-corrected chi connectivity index (χ1v) is 9.14. The number of benzene rings is 2. The first-order valence-electron chi connectivity index (χ1n) is 8.32. The van der Waals surface area contributed by atoms with Gasteiger partial charge in [-0.05, 0) is 48.9 Å². The quantitative estimate of drug-likeness (QED) is 0.710. The van der Waals surface area contributed by atoms with Crippen LogP contribution in [0.2, 0.25) is 0 Å². The number of piperidine rings is 1. The number of halogens is 1. The number of nitrogens with zero attached hydrogens (tertiary/aromatic N) is 2. The van der Waals surface area contributed by atoms with Crippen LogP contribution in [0.5, 0.6) is 0 Å². The van der Waals surface area contributed by atoms with Crippen LogP contribution in [0, 0.1) is 5.82 Å². The summed E-state index contributed by atoms with van der Waals surface area (Å²) in [6.07, 6.45) is 1.00. The summed E-state index contributed by atoms with van der Waals surface area (Å²) in [7, 11) is 0. The summed E-state index contributed by atoms with van der Waals surface area (Å²) >= 11 is 1.30. The van der Waals surface area contributed by atoms with E-state index in [2.05, 4.69) is 10.3 Å². The Bertz CT molecular complexity index is 1020. The average molecular weight is 373 g/mol. The van der Waals surface area contributed by atoms with Gasteiger partial charge in [0.15, 0.2) is 5.13 Å². The molecule has 0 radical (unpaired) electrons. The average Bonchev–Trinajstić information content (AvgIpc) is 3.04. The Morgan fingerprint density at radius 3 is 2.92 bits per heavy atom. The molecule has 2 N–H and O–H groups in total. The number of amides is 2. The van der Waals surface area contributed by atoms with Gasteiger partial charge < -0.3 is 10.4 Å². The predicted octanol–water partition coefficient (Wildman–Crippen LogP) is 4.06. The molecule has 26 heavy (non-hydrogen) atoms. The van der Waals surface area contributed by atoms with Crippen LogP contribution in [0.15, 0.2) is 30.3 Å². The third-order valence-corrected chi connectivity index (χ3v) is 5.63. The molecule has 0 saturated carbocycles. The molecule has 2 aromatic carbocycles. The SMILES string of the molecule is O=C(Nc1nc2ccc3cc(F)ccc3c2s1)C1CCCCN1C(=O)O. The van der Waals surface area contributed by atoms with Crippen molar-refractivity contribution in [1.29, 1.82) is 0 Å². The van der Waals surface area contributed by atoms with Gasteiger partial charge in [-0.1, -0.05) is 17.4 Å². The van der Waals surface area contributed by atoms with Crippen LogP contribution < -0.4 is 5.32 Å². The van der Waals surface area contributed by atoms with Gasteiger partial charge in [-0.15, -0.1) is 0 Å². The fraction of sp³-hybridized carbons (Fsp3) is 0.278. The zero-order valence-electron chi connectivity index (χ0n) is 13.7. The second-order valence-electron chi connectivity index (χ2n) is 6.28. The van der Waals surface area contributed by atoms with Gasteiger partial charge in [0.1, 0.15) is 11.9 Å². The highest BCUT2D eigenvalue weighted by Gasteiger charge is 2.32. The van der Waals surface area contributed by atoms with Crippen LogP contribution in [-0.4, -0.2) is 39.6 Å². The van der Waals surface area contributed by atoms with Crippen molar-refractivity contribution in [1.82, 2.24) is 9.88 Å². The van der Waals surface area contributed by atoms with E-state index in [0.29, 0.717) is 23.6 Å². The Labute approximate surface area is 152 Å². The maximum Gasteiger partial charge on any atom is 0.407 e. The van der Waals surface area contributed by atoms with Crippen LogP contribution in [-0.2, 0) is 4.79 Å². The lowest BCUT2D eigenvalue weighted by atomic mass is 10.0. The highest BCUT2D eigenvalue weighted by Crippen LogP contribution is 2.33. The summed E-state index contributed by atoms with van der Waals surface area (Å²) in [5.74, 6) is -0.664. The van der Waals surface area contributed by atoms with Gasteiger partial charge >= 0.3 is 6.09 Å². The van der Waals surface area contributed by atoms with E-state index >= 15 is 0 Å². The normalized spacial score (nSPS) is 17.6. The number of anilines is 1. The van der Waals surface area contributed by atoms with Crippen LogP contribution in [0.4, 0.5) is 14.3 Å². The molecule has 8 heteroatoms. The van der Waals surface area contributed by atoms with Crippen molar-refractivity contribution in [2.75, 3.05) is 11.9 Å². The second kappa shape index (κ2) is 6.53. The molecule has 1 atom stereocenters. The number of carbonyl (C=O) groups is 2. The van der Waals surface area contributed by atoms with Crippen LogP contribution in [0.1, 0.15) is 19.3 Å². The van der Waals surface area contributed by atoms with Crippen LogP contribution >= 0.6 is 11.3 Å². The highest BCUT2D eigenvalue weighted by atomic mass is 32.1. The Kier molecular flexibility index (Phi) is 4.20. The first-order chi connectivity index (χ1) is 12.5. The molecule has 1 saturated heterocycles. The largest absolute Gasteiger partial charge is 0.465 e. The predicted molar refractivity (Wildman–Crippen MR) is 98.1 cm³/mol. The zero-order valence-corrected chi connectivity index (χ0v) is 14.6. The Balaban J connectivity index is 1.63. The lowest BCUT2D eigenvalue weighted by Gasteiger charge is -2.32. The molecule has 2 amide bonds. The molecule has 1 aliphatic rings. The van der Waals surface area contributed by atoms with E-state index in [1.54, 1.807) is 18.2 Å². The van der Waals surface area contributed by atoms with Gasteiger partial charge in [0.2, 0.25) is 5.91 Å². The standard InChI is InChI=1S/C18H16FN3O3S/c19-11-5-6-12-10(9-11)4-7-13-15(12)26-17(20-13)21-16(23)14-3-1-2-8-22(14)18(24)25/h4-7,9,14H,1-3,8H2,(H,24,25)(H,20,21,23). The molecule has 1 aliphatic heterocycles. The number of rotatable bonds is 2. The molecule has 1 aromatic heterocycles. The van der Waals surface area contributed by atoms with Crippen molar-refractivity contribution in [3.63, 3.8) is 0 Å². The molecule has 0 spiro atoms. The first kappa shape index (κ1) is 16.7. The molecule has 6 nitrogen and oxygen atoms in total. The number of aromatic nitrogens is 1. The summed E-state index contributed by atoms with van der Waals surface area (Å²) in [6, 6.07) is 7.43. The maximum absolute atomic E-state index is 13.4. The number of likely N-dealkylation sites (tertiary alicyclic amines) is 1. The summed E-state index contributed by atoms with van der Waals surface area (Å²) < 4.78 is 14.3. The molecule has 134 valence electrons. The fourth-order valence-corrected chi connectivity index (χ4v) is 4.36. The van der Waals surface area contributed by atoms with Gasteiger partial charge in [0, 0.05) is 11.9 Å². The molecule has 4 rings (SSSR count). The monoisotopic (exact) mass is 373 g/mol. The van der Waals surface area contributed by atoms with Crippen LogP contribution in [0.25, 0.3) is 21.0 Å². The minimum Gasteiger partial charge on any atom is -0.465 e. The summed E-state index contributed by atoms with van der Waals surface area (Å²) in [4.78, 5) is 29.5.